The van der Waals surface area contributed by atoms with E-state index in [0.717, 1.165) is 0 Å². The lowest BCUT2D eigenvalue weighted by atomic mass is 10.2. The summed E-state index contributed by atoms with van der Waals surface area (Å²) in [7, 11) is 0. The molecule has 0 aromatic carbocycles. The van der Waals surface area contributed by atoms with E-state index in [2.05, 4.69) is 0 Å². The van der Waals surface area contributed by atoms with Crippen LogP contribution >= 0.6 is 23.6 Å². The zero-order valence-electron chi connectivity index (χ0n) is 8.97. The van der Waals surface area contributed by atoms with E-state index < -0.39 is 4.92 Å². The molecule has 0 amide bonds. The second-order valence-electron chi connectivity index (χ2n) is 3.10. The number of nitrogens with two attached hydrogens (primary N) is 1. The number of nitrogens with zero attached hydrogens (tertiary/aromatic N) is 2. The highest BCUT2D eigenvalue weighted by atomic mass is 32.1. The Labute approximate surface area is 107 Å². The van der Waals surface area contributed by atoms with Crippen molar-refractivity contribution in [3.8, 4) is 6.07 Å². The molecule has 0 spiro atoms. The first kappa shape index (κ1) is 13.3. The van der Waals surface area contributed by atoms with Crippen LogP contribution in [0.2, 0.25) is 0 Å². The highest BCUT2D eigenvalue weighted by Crippen LogP contribution is 2.30. The van der Waals surface area contributed by atoms with E-state index in [1.54, 1.807) is 0 Å². The molecule has 0 aliphatic rings. The van der Waals surface area contributed by atoms with Gasteiger partial charge in [-0.05, 0) is 12.5 Å². The van der Waals surface area contributed by atoms with Crippen molar-refractivity contribution in [2.45, 2.75) is 13.3 Å². The molecule has 17 heavy (non-hydrogen) atoms. The molecule has 0 saturated carbocycles. The van der Waals surface area contributed by atoms with Crippen LogP contribution in [0.25, 0.3) is 6.08 Å². The summed E-state index contributed by atoms with van der Waals surface area (Å²) in [6.07, 6.45) is 2.04. The Morgan fingerprint density at radius 3 is 2.82 bits per heavy atom. The van der Waals surface area contributed by atoms with Crippen molar-refractivity contribution >= 4 is 40.3 Å². The summed E-state index contributed by atoms with van der Waals surface area (Å²) < 4.78 is 0. The van der Waals surface area contributed by atoms with Crippen LogP contribution < -0.4 is 5.73 Å². The lowest BCUT2D eigenvalue weighted by Gasteiger charge is -1.91. The third-order valence-electron chi connectivity index (χ3n) is 2.00. The van der Waals surface area contributed by atoms with Crippen LogP contribution in [0, 0.1) is 21.4 Å². The second kappa shape index (κ2) is 5.52. The summed E-state index contributed by atoms with van der Waals surface area (Å²) in [5.41, 5.74) is 5.57. The molecule has 7 heteroatoms. The molecule has 1 heterocycles. The highest BCUT2D eigenvalue weighted by molar-refractivity contribution is 7.80. The minimum atomic E-state index is -0.431. The number of aryl methyl sites for hydroxylation is 1. The first-order valence-corrected chi connectivity index (χ1v) is 5.90. The van der Waals surface area contributed by atoms with Gasteiger partial charge in [0, 0.05) is 10.9 Å². The lowest BCUT2D eigenvalue weighted by Crippen LogP contribution is -2.09. The fraction of sp³-hybridized carbons (Fsp3) is 0.200. The standard InChI is InChI=1S/C10H9N3O2S2/c1-2-9-8(13(14)15)4-7(17-9)3-6(5-11)10(12)16/h3-4H,2H2,1H3,(H2,12,16)/b6-3+. The molecule has 0 bridgehead atoms. The van der Waals surface area contributed by atoms with Gasteiger partial charge in [0.25, 0.3) is 5.69 Å². The molecular formula is C10H9N3O2S2. The predicted octanol–water partition coefficient (Wildman–Crippen LogP) is 2.41. The van der Waals surface area contributed by atoms with Crippen molar-refractivity contribution in [2.75, 3.05) is 0 Å². The Morgan fingerprint density at radius 2 is 2.47 bits per heavy atom. The molecule has 0 aliphatic carbocycles. The molecule has 0 unspecified atom stereocenters. The predicted molar refractivity (Wildman–Crippen MR) is 70.7 cm³/mol. The van der Waals surface area contributed by atoms with Crippen LogP contribution in [-0.4, -0.2) is 9.91 Å². The molecule has 0 radical (unpaired) electrons. The van der Waals surface area contributed by atoms with Crippen molar-refractivity contribution < 1.29 is 4.92 Å². The van der Waals surface area contributed by atoms with E-state index in [1.165, 1.54) is 23.5 Å². The van der Waals surface area contributed by atoms with Crippen molar-refractivity contribution in [2.24, 2.45) is 5.73 Å². The number of hydrogen-bond acceptors (Lipinski definition) is 5. The monoisotopic (exact) mass is 267 g/mol. The van der Waals surface area contributed by atoms with Crippen LogP contribution in [0.3, 0.4) is 0 Å². The molecule has 5 nitrogen and oxygen atoms in total. The topological polar surface area (TPSA) is 93.0 Å². The number of nitro groups is 1. The van der Waals surface area contributed by atoms with Gasteiger partial charge in [-0.1, -0.05) is 19.1 Å². The van der Waals surface area contributed by atoms with Gasteiger partial charge < -0.3 is 5.73 Å². The Kier molecular flexibility index (Phi) is 4.31. The molecular weight excluding hydrogens is 258 g/mol. The normalized spacial score (nSPS) is 10.9. The Bertz CT molecular complexity index is 540. The molecule has 1 aromatic heterocycles. The van der Waals surface area contributed by atoms with Crippen LogP contribution in [0.1, 0.15) is 16.7 Å². The van der Waals surface area contributed by atoms with Crippen molar-refractivity contribution in [1.29, 1.82) is 5.26 Å². The minimum absolute atomic E-state index is 0.0124. The van der Waals surface area contributed by atoms with Gasteiger partial charge in [0.15, 0.2) is 0 Å². The zero-order chi connectivity index (χ0) is 13.0. The Balaban J connectivity index is 3.22. The quantitative estimate of drug-likeness (QED) is 0.297. The molecule has 2 N–H and O–H groups in total. The van der Waals surface area contributed by atoms with Gasteiger partial charge in [-0.25, -0.2) is 0 Å². The molecule has 1 rings (SSSR count). The van der Waals surface area contributed by atoms with E-state index in [4.69, 9.17) is 23.2 Å². The first-order valence-electron chi connectivity index (χ1n) is 4.68. The summed E-state index contributed by atoms with van der Waals surface area (Å²) >= 11 is 5.96. The van der Waals surface area contributed by atoms with E-state index in [9.17, 15) is 10.1 Å². The van der Waals surface area contributed by atoms with Crippen LogP contribution in [-0.2, 0) is 6.42 Å². The van der Waals surface area contributed by atoms with Gasteiger partial charge in [-0.2, -0.15) is 5.26 Å². The van der Waals surface area contributed by atoms with Gasteiger partial charge in [0.1, 0.15) is 11.1 Å². The van der Waals surface area contributed by atoms with Gasteiger partial charge in [0.2, 0.25) is 0 Å². The SMILES string of the molecule is CCc1sc(/C=C(\C#N)C(N)=S)cc1[N+](=O)[O-]. The third-order valence-corrected chi connectivity index (χ3v) is 3.43. The number of hydrogen-bond donors (Lipinski definition) is 1. The van der Waals surface area contributed by atoms with E-state index in [0.29, 0.717) is 16.2 Å². The number of thiophene rings is 1. The fourth-order valence-corrected chi connectivity index (χ4v) is 2.34. The maximum Gasteiger partial charge on any atom is 0.283 e. The van der Waals surface area contributed by atoms with Gasteiger partial charge in [0.05, 0.1) is 15.4 Å². The second-order valence-corrected chi connectivity index (χ2v) is 4.71. The maximum absolute atomic E-state index is 10.8. The maximum atomic E-state index is 10.8. The van der Waals surface area contributed by atoms with Crippen molar-refractivity contribution in [3.05, 3.63) is 31.5 Å². The summed E-state index contributed by atoms with van der Waals surface area (Å²) in [4.78, 5) is 11.6. The van der Waals surface area contributed by atoms with Crippen molar-refractivity contribution in [3.63, 3.8) is 0 Å². The largest absolute Gasteiger partial charge is 0.389 e. The summed E-state index contributed by atoms with van der Waals surface area (Å²) in [6.45, 7) is 1.84. The van der Waals surface area contributed by atoms with Crippen LogP contribution in [0.4, 0.5) is 5.69 Å². The number of thiocarbonyl (C=S) groups is 1. The molecule has 0 atom stereocenters. The Hall–Kier alpha value is -1.78. The molecule has 1 aromatic rings. The number of rotatable bonds is 4. The summed E-state index contributed by atoms with van der Waals surface area (Å²) in [5.74, 6) is 0. The lowest BCUT2D eigenvalue weighted by molar-refractivity contribution is -0.385. The van der Waals surface area contributed by atoms with E-state index >= 15 is 0 Å². The van der Waals surface area contributed by atoms with Crippen LogP contribution in [0.15, 0.2) is 11.6 Å². The van der Waals surface area contributed by atoms with E-state index in [-0.39, 0.29) is 16.2 Å². The van der Waals surface area contributed by atoms with Crippen LogP contribution in [0.5, 0.6) is 0 Å². The van der Waals surface area contributed by atoms with Crippen molar-refractivity contribution in [1.82, 2.24) is 0 Å². The average Bonchev–Trinajstić information content (AvgIpc) is 2.68. The van der Waals surface area contributed by atoms with Gasteiger partial charge in [-0.15, -0.1) is 11.3 Å². The molecule has 0 fully saturated rings. The Morgan fingerprint density at radius 1 is 1.82 bits per heavy atom. The molecule has 88 valence electrons. The third kappa shape index (κ3) is 3.09. The van der Waals surface area contributed by atoms with Gasteiger partial charge in [-0.3, -0.25) is 10.1 Å². The minimum Gasteiger partial charge on any atom is -0.389 e. The highest BCUT2D eigenvalue weighted by Gasteiger charge is 2.16. The molecule has 0 aliphatic heterocycles. The first-order chi connectivity index (χ1) is 7.99. The summed E-state index contributed by atoms with van der Waals surface area (Å²) in [6, 6.07) is 3.29. The zero-order valence-corrected chi connectivity index (χ0v) is 10.6. The average molecular weight is 267 g/mol. The number of nitriles is 1. The molecule has 0 saturated heterocycles. The smallest absolute Gasteiger partial charge is 0.283 e. The van der Waals surface area contributed by atoms with Gasteiger partial charge >= 0.3 is 0 Å². The van der Waals surface area contributed by atoms with E-state index in [1.807, 2.05) is 13.0 Å². The fourth-order valence-electron chi connectivity index (χ4n) is 1.22. The summed E-state index contributed by atoms with van der Waals surface area (Å²) in [5, 5.41) is 19.5.